The van der Waals surface area contributed by atoms with Crippen molar-refractivity contribution in [2.24, 2.45) is 0 Å². The summed E-state index contributed by atoms with van der Waals surface area (Å²) in [5.74, 6) is -0.638. The molecule has 0 spiro atoms. The number of nitro benzene ring substituents is 1. The summed E-state index contributed by atoms with van der Waals surface area (Å²) in [4.78, 5) is 36.2. The molecule has 4 rings (SSSR count). The first-order chi connectivity index (χ1) is 14.0. The van der Waals surface area contributed by atoms with Gasteiger partial charge in [-0.25, -0.2) is 0 Å². The fourth-order valence-corrected chi connectivity index (χ4v) is 3.03. The van der Waals surface area contributed by atoms with E-state index in [1.165, 1.54) is 18.2 Å². The maximum absolute atomic E-state index is 13.1. The predicted octanol–water partition coefficient (Wildman–Crippen LogP) is 4.62. The minimum Gasteiger partial charge on any atom is -0.439 e. The highest BCUT2D eigenvalue weighted by atomic mass is 16.6. The molecule has 1 heterocycles. The summed E-state index contributed by atoms with van der Waals surface area (Å²) in [6.07, 6.45) is 0. The Morgan fingerprint density at radius 1 is 0.931 bits per heavy atom. The van der Waals surface area contributed by atoms with Crippen molar-refractivity contribution in [3.8, 4) is 11.1 Å². The lowest BCUT2D eigenvalue weighted by Gasteiger charge is -2.11. The Morgan fingerprint density at radius 2 is 1.66 bits per heavy atom. The lowest BCUT2D eigenvalue weighted by molar-refractivity contribution is -0.384. The summed E-state index contributed by atoms with van der Waals surface area (Å²) in [5, 5.41) is 14.0. The lowest BCUT2D eigenvalue weighted by Crippen LogP contribution is -2.16. The molecule has 7 nitrogen and oxygen atoms in total. The van der Waals surface area contributed by atoms with Gasteiger partial charge in [-0.2, -0.15) is 0 Å². The average molecular weight is 386 g/mol. The maximum atomic E-state index is 13.1. The van der Waals surface area contributed by atoms with Crippen LogP contribution in [-0.2, 0) is 0 Å². The number of nitrogens with zero attached hydrogens (tertiary/aromatic N) is 1. The number of amides is 1. The molecule has 1 amide bonds. The highest BCUT2D eigenvalue weighted by molar-refractivity contribution is 6.06. The third kappa shape index (κ3) is 3.49. The molecule has 0 atom stereocenters. The van der Waals surface area contributed by atoms with Crippen LogP contribution in [0.4, 0.5) is 11.6 Å². The van der Waals surface area contributed by atoms with Crippen molar-refractivity contribution >= 4 is 28.4 Å². The zero-order chi connectivity index (χ0) is 20.4. The molecule has 0 fully saturated rings. The maximum Gasteiger partial charge on any atom is 0.270 e. The summed E-state index contributed by atoms with van der Waals surface area (Å²) in [6, 6.07) is 20.9. The molecule has 0 aliphatic heterocycles. The number of anilines is 1. The van der Waals surface area contributed by atoms with Crippen LogP contribution in [0.1, 0.15) is 10.4 Å². The van der Waals surface area contributed by atoms with E-state index in [1.807, 2.05) is 6.07 Å². The van der Waals surface area contributed by atoms with E-state index < -0.39 is 10.8 Å². The van der Waals surface area contributed by atoms with Crippen molar-refractivity contribution in [3.63, 3.8) is 0 Å². The van der Waals surface area contributed by atoms with Crippen molar-refractivity contribution in [1.29, 1.82) is 0 Å². The van der Waals surface area contributed by atoms with Crippen LogP contribution in [0.3, 0.4) is 0 Å². The fourth-order valence-electron chi connectivity index (χ4n) is 3.03. The zero-order valence-electron chi connectivity index (χ0n) is 15.0. The second kappa shape index (κ2) is 7.40. The number of rotatable bonds is 4. The van der Waals surface area contributed by atoms with Crippen molar-refractivity contribution in [2.45, 2.75) is 0 Å². The first-order valence-corrected chi connectivity index (χ1v) is 8.71. The average Bonchev–Trinajstić information content (AvgIpc) is 2.74. The van der Waals surface area contributed by atoms with Gasteiger partial charge < -0.3 is 4.42 Å². The summed E-state index contributed by atoms with van der Waals surface area (Å²) in [7, 11) is 0. The van der Waals surface area contributed by atoms with Crippen molar-refractivity contribution < 1.29 is 14.1 Å². The minimum atomic E-state index is -0.621. The molecule has 0 saturated carbocycles. The quantitative estimate of drug-likeness (QED) is 0.407. The van der Waals surface area contributed by atoms with E-state index >= 15 is 0 Å². The lowest BCUT2D eigenvalue weighted by atomic mass is 10.0. The molecule has 4 aromatic rings. The number of nitrogens with one attached hydrogen (secondary N) is 1. The molecule has 3 aromatic carbocycles. The number of para-hydroxylation sites is 1. The Bertz CT molecular complexity index is 1300. The molecule has 1 N–H and O–H groups in total. The van der Waals surface area contributed by atoms with Gasteiger partial charge in [-0.15, -0.1) is 0 Å². The summed E-state index contributed by atoms with van der Waals surface area (Å²) >= 11 is 0. The number of carbonyl (C=O) groups is 1. The number of nitro groups is 1. The summed E-state index contributed by atoms with van der Waals surface area (Å²) in [6.45, 7) is 0. The van der Waals surface area contributed by atoms with E-state index in [4.69, 9.17) is 4.42 Å². The molecular weight excluding hydrogens is 372 g/mol. The van der Waals surface area contributed by atoms with E-state index in [0.717, 1.165) is 6.07 Å². The van der Waals surface area contributed by atoms with Gasteiger partial charge in [-0.05, 0) is 23.8 Å². The van der Waals surface area contributed by atoms with Gasteiger partial charge in [0.2, 0.25) is 11.3 Å². The van der Waals surface area contributed by atoms with Crippen LogP contribution in [0.5, 0.6) is 0 Å². The molecule has 1 aromatic heterocycles. The number of hydrogen-bond acceptors (Lipinski definition) is 5. The van der Waals surface area contributed by atoms with Crippen LogP contribution < -0.4 is 10.7 Å². The third-order valence-electron chi connectivity index (χ3n) is 4.41. The van der Waals surface area contributed by atoms with E-state index in [1.54, 1.807) is 48.5 Å². The van der Waals surface area contributed by atoms with Crippen LogP contribution in [0.25, 0.3) is 22.1 Å². The highest BCUT2D eigenvalue weighted by Gasteiger charge is 2.19. The van der Waals surface area contributed by atoms with Gasteiger partial charge in [-0.1, -0.05) is 48.5 Å². The van der Waals surface area contributed by atoms with Gasteiger partial charge in [0.05, 0.1) is 15.9 Å². The standard InChI is InChI=1S/C22H14N2O5/c25-20-17-11-4-5-12-18(17)29-22(19(20)14-7-2-1-3-8-14)23-21(26)15-9-6-10-16(13-15)24(27)28/h1-13H,(H,23,26). The predicted molar refractivity (Wildman–Crippen MR) is 109 cm³/mol. The number of benzene rings is 3. The van der Waals surface area contributed by atoms with Gasteiger partial charge >= 0.3 is 0 Å². The van der Waals surface area contributed by atoms with Crippen molar-refractivity contribution in [1.82, 2.24) is 0 Å². The first kappa shape index (κ1) is 18.1. The van der Waals surface area contributed by atoms with Gasteiger partial charge in [0.15, 0.2) is 0 Å². The normalized spacial score (nSPS) is 10.6. The van der Waals surface area contributed by atoms with E-state index in [9.17, 15) is 19.7 Å². The van der Waals surface area contributed by atoms with Crippen molar-refractivity contribution in [3.05, 3.63) is 105 Å². The van der Waals surface area contributed by atoms with Crippen molar-refractivity contribution in [2.75, 3.05) is 5.32 Å². The van der Waals surface area contributed by atoms with Gasteiger partial charge in [0, 0.05) is 17.7 Å². The Labute approximate surface area is 164 Å². The molecule has 142 valence electrons. The number of fused-ring (bicyclic) bond motifs is 1. The molecule has 0 radical (unpaired) electrons. The molecule has 7 heteroatoms. The summed E-state index contributed by atoms with van der Waals surface area (Å²) in [5.41, 5.74) is 0.707. The van der Waals surface area contributed by atoms with E-state index in [2.05, 4.69) is 5.32 Å². The molecule has 0 unspecified atom stereocenters. The number of carbonyl (C=O) groups excluding carboxylic acids is 1. The van der Waals surface area contributed by atoms with E-state index in [0.29, 0.717) is 16.5 Å². The fraction of sp³-hybridized carbons (Fsp3) is 0. The Kier molecular flexibility index (Phi) is 4.62. The SMILES string of the molecule is O=C(Nc1oc2ccccc2c(=O)c1-c1ccccc1)c1cccc([N+](=O)[O-])c1. The largest absolute Gasteiger partial charge is 0.439 e. The zero-order valence-corrected chi connectivity index (χ0v) is 15.0. The highest BCUT2D eigenvalue weighted by Crippen LogP contribution is 2.29. The number of hydrogen-bond donors (Lipinski definition) is 1. The smallest absolute Gasteiger partial charge is 0.270 e. The Hall–Kier alpha value is -4.26. The van der Waals surface area contributed by atoms with Crippen LogP contribution >= 0.6 is 0 Å². The molecule has 0 aliphatic carbocycles. The van der Waals surface area contributed by atoms with E-state index in [-0.39, 0.29) is 28.1 Å². The second-order valence-electron chi connectivity index (χ2n) is 6.26. The van der Waals surface area contributed by atoms with Crippen LogP contribution in [0.2, 0.25) is 0 Å². The van der Waals surface area contributed by atoms with Crippen LogP contribution in [-0.4, -0.2) is 10.8 Å². The van der Waals surface area contributed by atoms with Gasteiger partial charge in [-0.3, -0.25) is 25.0 Å². The Morgan fingerprint density at radius 3 is 2.41 bits per heavy atom. The monoisotopic (exact) mass is 386 g/mol. The first-order valence-electron chi connectivity index (χ1n) is 8.71. The van der Waals surface area contributed by atoms with Gasteiger partial charge in [0.25, 0.3) is 11.6 Å². The molecule has 29 heavy (non-hydrogen) atoms. The van der Waals surface area contributed by atoms with Crippen LogP contribution in [0, 0.1) is 10.1 Å². The van der Waals surface area contributed by atoms with Crippen LogP contribution in [0.15, 0.2) is 88.1 Å². The third-order valence-corrected chi connectivity index (χ3v) is 4.41. The second-order valence-corrected chi connectivity index (χ2v) is 6.26. The Balaban J connectivity index is 1.85. The van der Waals surface area contributed by atoms with Gasteiger partial charge in [0.1, 0.15) is 5.58 Å². The molecule has 0 saturated heterocycles. The minimum absolute atomic E-state index is 0.0172. The molecule has 0 bridgehead atoms. The molecule has 0 aliphatic rings. The number of non-ortho nitro benzene ring substituents is 1. The molecular formula is C22H14N2O5. The summed E-state index contributed by atoms with van der Waals surface area (Å²) < 4.78 is 5.83. The topological polar surface area (TPSA) is 102 Å².